The van der Waals surface area contributed by atoms with Crippen molar-refractivity contribution in [1.29, 1.82) is 0 Å². The topological polar surface area (TPSA) is 26.3 Å². The van der Waals surface area contributed by atoms with Crippen LogP contribution in [0.5, 0.6) is 0 Å². The Hall–Kier alpha value is -0.630. The summed E-state index contributed by atoms with van der Waals surface area (Å²) in [6, 6.07) is 0. The molecule has 3 atom stereocenters. The number of hydrogen-bond donors (Lipinski definition) is 0. The van der Waals surface area contributed by atoms with Crippen molar-refractivity contribution in [2.45, 2.75) is 39.7 Å². The van der Waals surface area contributed by atoms with E-state index in [1.165, 1.54) is 0 Å². The maximum Gasteiger partial charge on any atom is 0.124 e. The first-order chi connectivity index (χ1) is 6.93. The molecule has 15 heavy (non-hydrogen) atoms. The van der Waals surface area contributed by atoms with Gasteiger partial charge in [0.15, 0.2) is 0 Å². The van der Waals surface area contributed by atoms with E-state index in [-0.39, 0.29) is 22.9 Å². The van der Waals surface area contributed by atoms with Crippen LogP contribution < -0.4 is 0 Å². The van der Waals surface area contributed by atoms with Crippen LogP contribution in [-0.2, 0) is 9.53 Å². The van der Waals surface area contributed by atoms with Gasteiger partial charge in [0.05, 0.1) is 12.7 Å². The molecule has 0 N–H and O–H groups in total. The molecule has 0 amide bonds. The van der Waals surface area contributed by atoms with Gasteiger partial charge in [0.2, 0.25) is 0 Å². The molecule has 2 rings (SSSR count). The van der Waals surface area contributed by atoms with Crippen LogP contribution in [0.1, 0.15) is 33.6 Å². The molecule has 0 aromatic rings. The average molecular weight is 208 g/mol. The highest BCUT2D eigenvalue weighted by Gasteiger charge is 2.56. The summed E-state index contributed by atoms with van der Waals surface area (Å²) in [5.41, 5.74) is 1.03. The summed E-state index contributed by atoms with van der Waals surface area (Å²) in [7, 11) is 0. The van der Waals surface area contributed by atoms with Crippen molar-refractivity contribution in [3.63, 3.8) is 0 Å². The van der Waals surface area contributed by atoms with Crippen molar-refractivity contribution in [2.75, 3.05) is 6.61 Å². The Morgan fingerprint density at radius 3 is 2.73 bits per heavy atom. The van der Waals surface area contributed by atoms with Crippen LogP contribution in [0.2, 0.25) is 0 Å². The first-order valence-corrected chi connectivity index (χ1v) is 5.68. The maximum absolute atomic E-state index is 11.4. The van der Waals surface area contributed by atoms with E-state index >= 15 is 0 Å². The third kappa shape index (κ3) is 1.31. The minimum atomic E-state index is -0.135. The zero-order valence-electron chi connectivity index (χ0n) is 9.88. The minimum absolute atomic E-state index is 0.0405. The van der Waals surface area contributed by atoms with E-state index in [0.717, 1.165) is 24.7 Å². The second-order valence-electron chi connectivity index (χ2n) is 5.83. The van der Waals surface area contributed by atoms with E-state index in [9.17, 15) is 4.79 Å². The first kappa shape index (κ1) is 10.9. The number of aldehydes is 1. The molecular weight excluding hydrogens is 188 g/mol. The van der Waals surface area contributed by atoms with Gasteiger partial charge in [-0.1, -0.05) is 27.4 Å². The average Bonchev–Trinajstić information content (AvgIpc) is 2.42. The lowest BCUT2D eigenvalue weighted by Crippen LogP contribution is -2.49. The third-order valence-electron chi connectivity index (χ3n) is 4.56. The van der Waals surface area contributed by atoms with E-state index in [0.29, 0.717) is 6.61 Å². The quantitative estimate of drug-likeness (QED) is 0.489. The van der Waals surface area contributed by atoms with Gasteiger partial charge in [-0.05, 0) is 23.8 Å². The molecule has 1 saturated heterocycles. The van der Waals surface area contributed by atoms with E-state index in [1.807, 2.05) is 0 Å². The zero-order valence-corrected chi connectivity index (χ0v) is 9.88. The van der Waals surface area contributed by atoms with Gasteiger partial charge in [-0.25, -0.2) is 0 Å². The molecule has 1 aliphatic carbocycles. The number of carbonyl (C=O) groups excluding carboxylic acids is 1. The number of ether oxygens (including phenoxy) is 1. The molecule has 0 radical (unpaired) electrons. The van der Waals surface area contributed by atoms with Crippen LogP contribution in [0.4, 0.5) is 0 Å². The SMILES string of the molecule is C=C1CO[C@H]2CCC(C)(C)[C@H](C=O)[C@@]12C. The summed E-state index contributed by atoms with van der Waals surface area (Å²) in [4.78, 5) is 11.4. The smallest absolute Gasteiger partial charge is 0.124 e. The fourth-order valence-corrected chi connectivity index (χ4v) is 3.36. The van der Waals surface area contributed by atoms with Gasteiger partial charge in [0.1, 0.15) is 6.29 Å². The Bertz CT molecular complexity index is 306. The number of hydrogen-bond acceptors (Lipinski definition) is 2. The van der Waals surface area contributed by atoms with Crippen LogP contribution in [-0.4, -0.2) is 19.0 Å². The zero-order chi connectivity index (χ0) is 11.3. The van der Waals surface area contributed by atoms with E-state index < -0.39 is 0 Å². The van der Waals surface area contributed by atoms with Crippen LogP contribution in [0, 0.1) is 16.7 Å². The van der Waals surface area contributed by atoms with Gasteiger partial charge in [0.25, 0.3) is 0 Å². The van der Waals surface area contributed by atoms with Gasteiger partial charge < -0.3 is 9.53 Å². The standard InChI is InChI=1S/C13H20O2/c1-9-8-15-11-5-6-12(2,3)10(7-14)13(9,11)4/h7,10-11H,1,5-6,8H2,2-4H3/t10-,11-,13+/m0/s1. The Kier molecular flexibility index (Phi) is 2.30. The van der Waals surface area contributed by atoms with Gasteiger partial charge in [-0.15, -0.1) is 0 Å². The van der Waals surface area contributed by atoms with Crippen molar-refractivity contribution in [1.82, 2.24) is 0 Å². The minimum Gasteiger partial charge on any atom is -0.373 e. The largest absolute Gasteiger partial charge is 0.373 e. The van der Waals surface area contributed by atoms with Crippen LogP contribution in [0.3, 0.4) is 0 Å². The molecule has 1 saturated carbocycles. The molecular formula is C13H20O2. The van der Waals surface area contributed by atoms with Crippen molar-refractivity contribution >= 4 is 6.29 Å². The van der Waals surface area contributed by atoms with Gasteiger partial charge >= 0.3 is 0 Å². The normalized spacial score (nSPS) is 43.8. The lowest BCUT2D eigenvalue weighted by atomic mass is 9.54. The lowest BCUT2D eigenvalue weighted by Gasteiger charge is -2.49. The molecule has 0 aromatic carbocycles. The highest BCUT2D eigenvalue weighted by molar-refractivity contribution is 5.59. The predicted molar refractivity (Wildman–Crippen MR) is 59.6 cm³/mol. The van der Waals surface area contributed by atoms with Crippen molar-refractivity contribution < 1.29 is 9.53 Å². The van der Waals surface area contributed by atoms with Gasteiger partial charge in [-0.2, -0.15) is 0 Å². The number of fused-ring (bicyclic) bond motifs is 1. The van der Waals surface area contributed by atoms with Gasteiger partial charge in [0, 0.05) is 11.3 Å². The second-order valence-corrected chi connectivity index (χ2v) is 5.83. The molecule has 2 fully saturated rings. The summed E-state index contributed by atoms with van der Waals surface area (Å²) in [6.07, 6.45) is 3.43. The molecule has 2 heteroatoms. The second kappa shape index (κ2) is 3.18. The molecule has 0 aromatic heterocycles. The Morgan fingerprint density at radius 2 is 2.13 bits per heavy atom. The summed E-state index contributed by atoms with van der Waals surface area (Å²) < 4.78 is 5.74. The Balaban J connectivity index is 2.43. The van der Waals surface area contributed by atoms with Crippen molar-refractivity contribution in [2.24, 2.45) is 16.7 Å². The molecule has 1 aliphatic heterocycles. The van der Waals surface area contributed by atoms with Crippen LogP contribution in [0.15, 0.2) is 12.2 Å². The fraction of sp³-hybridized carbons (Fsp3) is 0.769. The lowest BCUT2D eigenvalue weighted by molar-refractivity contribution is -0.127. The van der Waals surface area contributed by atoms with Crippen molar-refractivity contribution in [3.8, 4) is 0 Å². The molecule has 0 spiro atoms. The van der Waals surface area contributed by atoms with Crippen molar-refractivity contribution in [3.05, 3.63) is 12.2 Å². The monoisotopic (exact) mass is 208 g/mol. The Labute approximate surface area is 91.7 Å². The molecule has 2 aliphatic rings. The first-order valence-electron chi connectivity index (χ1n) is 5.68. The van der Waals surface area contributed by atoms with E-state index in [1.54, 1.807) is 0 Å². The number of rotatable bonds is 1. The summed E-state index contributed by atoms with van der Waals surface area (Å²) in [5.74, 6) is 0.0405. The third-order valence-corrected chi connectivity index (χ3v) is 4.56. The van der Waals surface area contributed by atoms with Gasteiger partial charge in [-0.3, -0.25) is 0 Å². The van der Waals surface area contributed by atoms with E-state index in [2.05, 4.69) is 27.4 Å². The Morgan fingerprint density at radius 1 is 1.47 bits per heavy atom. The molecule has 84 valence electrons. The summed E-state index contributed by atoms with van der Waals surface area (Å²) in [5, 5.41) is 0. The highest BCUT2D eigenvalue weighted by Crippen LogP contribution is 2.56. The summed E-state index contributed by atoms with van der Waals surface area (Å²) in [6.45, 7) is 11.2. The molecule has 0 unspecified atom stereocenters. The highest BCUT2D eigenvalue weighted by atomic mass is 16.5. The van der Waals surface area contributed by atoms with Crippen LogP contribution in [0.25, 0.3) is 0 Å². The fourth-order valence-electron chi connectivity index (χ4n) is 3.36. The molecule has 2 nitrogen and oxygen atoms in total. The van der Waals surface area contributed by atoms with Crippen LogP contribution >= 0.6 is 0 Å². The maximum atomic E-state index is 11.4. The molecule has 0 bridgehead atoms. The number of carbonyl (C=O) groups is 1. The summed E-state index contributed by atoms with van der Waals surface area (Å²) >= 11 is 0. The van der Waals surface area contributed by atoms with E-state index in [4.69, 9.17) is 4.74 Å². The predicted octanol–water partition coefficient (Wildman–Crippen LogP) is 2.58. The molecule has 1 heterocycles.